The summed E-state index contributed by atoms with van der Waals surface area (Å²) < 4.78 is 0.870. The Bertz CT molecular complexity index is 971. The number of nitrogens with zero attached hydrogens (tertiary/aromatic N) is 1. The number of halogens is 1. The average molecular weight is 472 g/mol. The van der Waals surface area contributed by atoms with Crippen LogP contribution in [-0.2, 0) is 9.59 Å². The predicted octanol–water partition coefficient (Wildman–Crippen LogP) is 3.28. The molecule has 156 valence electrons. The fourth-order valence-electron chi connectivity index (χ4n) is 3.19. The third-order valence-corrected chi connectivity index (χ3v) is 5.30. The van der Waals surface area contributed by atoms with Crippen LogP contribution in [0.1, 0.15) is 45.5 Å². The van der Waals surface area contributed by atoms with Gasteiger partial charge in [-0.25, -0.2) is 0 Å². The first-order chi connectivity index (χ1) is 14.4. The second-order valence-electron chi connectivity index (χ2n) is 7.02. The summed E-state index contributed by atoms with van der Waals surface area (Å²) in [6, 6.07) is 12.3. The number of hydrogen-bond donors (Lipinski definition) is 2. The Morgan fingerprint density at radius 1 is 0.967 bits per heavy atom. The molecule has 1 aliphatic rings. The molecular formula is C22H22BrN3O4. The highest BCUT2D eigenvalue weighted by Gasteiger charge is 2.34. The number of rotatable bonds is 8. The van der Waals surface area contributed by atoms with E-state index in [2.05, 4.69) is 26.6 Å². The molecule has 0 aromatic heterocycles. The highest BCUT2D eigenvalue weighted by Crippen LogP contribution is 2.23. The summed E-state index contributed by atoms with van der Waals surface area (Å²) in [5.74, 6) is -1.06. The Labute approximate surface area is 183 Å². The summed E-state index contributed by atoms with van der Waals surface area (Å²) in [4.78, 5) is 49.8. The molecule has 0 unspecified atom stereocenters. The molecule has 2 N–H and O–H groups in total. The van der Waals surface area contributed by atoms with Crippen LogP contribution in [0.25, 0.3) is 0 Å². The van der Waals surface area contributed by atoms with E-state index in [9.17, 15) is 19.2 Å². The van der Waals surface area contributed by atoms with Crippen LogP contribution in [0.15, 0.2) is 46.9 Å². The minimum Gasteiger partial charge on any atom is -0.356 e. The predicted molar refractivity (Wildman–Crippen MR) is 116 cm³/mol. The molecule has 4 amide bonds. The van der Waals surface area contributed by atoms with Gasteiger partial charge in [0.05, 0.1) is 11.1 Å². The lowest BCUT2D eigenvalue weighted by molar-refractivity contribution is -0.121. The summed E-state index contributed by atoms with van der Waals surface area (Å²) >= 11 is 3.37. The second kappa shape index (κ2) is 9.67. The molecular weight excluding hydrogens is 450 g/mol. The molecule has 1 aliphatic heterocycles. The van der Waals surface area contributed by atoms with E-state index >= 15 is 0 Å². The number of aryl methyl sites for hydroxylation is 1. The molecule has 1 heterocycles. The first kappa shape index (κ1) is 21.7. The standard InChI is InChI=1S/C22H22BrN3O4/c1-14-8-9-15(23)13-18(14)25-20(28)10-11-24-19(27)7-4-12-26-21(29)16-5-2-3-6-17(16)22(26)30/h2-3,5-6,8-9,13H,4,7,10-12H2,1H3,(H,24,27)(H,25,28). The smallest absolute Gasteiger partial charge is 0.261 e. The lowest BCUT2D eigenvalue weighted by atomic mass is 10.1. The molecule has 7 nitrogen and oxygen atoms in total. The van der Waals surface area contributed by atoms with Crippen LogP contribution in [0, 0.1) is 6.92 Å². The summed E-state index contributed by atoms with van der Waals surface area (Å²) in [6.07, 6.45) is 0.677. The molecule has 0 saturated heterocycles. The van der Waals surface area contributed by atoms with Crippen molar-refractivity contribution in [3.63, 3.8) is 0 Å². The number of fused-ring (bicyclic) bond motifs is 1. The molecule has 2 aromatic carbocycles. The molecule has 3 rings (SSSR count). The van der Waals surface area contributed by atoms with Crippen LogP contribution in [0.3, 0.4) is 0 Å². The van der Waals surface area contributed by atoms with Crippen molar-refractivity contribution in [2.75, 3.05) is 18.4 Å². The van der Waals surface area contributed by atoms with Gasteiger partial charge in [-0.05, 0) is 43.2 Å². The molecule has 2 aromatic rings. The molecule has 0 spiro atoms. The summed E-state index contributed by atoms with van der Waals surface area (Å²) in [5.41, 5.74) is 2.47. The molecule has 8 heteroatoms. The minimum atomic E-state index is -0.324. The fraction of sp³-hybridized carbons (Fsp3) is 0.273. The Kier molecular flexibility index (Phi) is 6.99. The van der Waals surface area contributed by atoms with Gasteiger partial charge >= 0.3 is 0 Å². The third-order valence-electron chi connectivity index (χ3n) is 4.81. The van der Waals surface area contributed by atoms with Crippen molar-refractivity contribution >= 4 is 45.2 Å². The summed E-state index contributed by atoms with van der Waals surface area (Å²) in [6.45, 7) is 2.30. The maximum Gasteiger partial charge on any atom is 0.261 e. The van der Waals surface area contributed by atoms with E-state index in [1.165, 1.54) is 4.90 Å². The lowest BCUT2D eigenvalue weighted by Crippen LogP contribution is -2.32. The second-order valence-corrected chi connectivity index (χ2v) is 7.93. The van der Waals surface area contributed by atoms with Crippen molar-refractivity contribution in [2.45, 2.75) is 26.2 Å². The average Bonchev–Trinajstić information content (AvgIpc) is 2.96. The van der Waals surface area contributed by atoms with Crippen molar-refractivity contribution < 1.29 is 19.2 Å². The van der Waals surface area contributed by atoms with Gasteiger partial charge in [0.25, 0.3) is 11.8 Å². The van der Waals surface area contributed by atoms with Crippen LogP contribution in [-0.4, -0.2) is 41.6 Å². The molecule has 0 fully saturated rings. The van der Waals surface area contributed by atoms with E-state index < -0.39 is 0 Å². The van der Waals surface area contributed by atoms with Crippen LogP contribution in [0.4, 0.5) is 5.69 Å². The first-order valence-electron chi connectivity index (χ1n) is 9.64. The van der Waals surface area contributed by atoms with E-state index in [0.29, 0.717) is 17.5 Å². The number of anilines is 1. The molecule has 0 radical (unpaired) electrons. The highest BCUT2D eigenvalue weighted by atomic mass is 79.9. The van der Waals surface area contributed by atoms with Crippen molar-refractivity contribution in [2.24, 2.45) is 0 Å². The fourth-order valence-corrected chi connectivity index (χ4v) is 3.55. The summed E-state index contributed by atoms with van der Waals surface area (Å²) in [7, 11) is 0. The van der Waals surface area contributed by atoms with Crippen molar-refractivity contribution in [3.05, 3.63) is 63.6 Å². The topological polar surface area (TPSA) is 95.6 Å². The Hall–Kier alpha value is -3.00. The van der Waals surface area contributed by atoms with Crippen LogP contribution >= 0.6 is 15.9 Å². The van der Waals surface area contributed by atoms with Crippen LogP contribution in [0.2, 0.25) is 0 Å². The molecule has 0 atom stereocenters. The number of imide groups is 1. The number of amides is 4. The monoisotopic (exact) mass is 471 g/mol. The number of nitrogens with one attached hydrogen (secondary N) is 2. The largest absolute Gasteiger partial charge is 0.356 e. The molecule has 0 bridgehead atoms. The zero-order valence-corrected chi connectivity index (χ0v) is 18.1. The maximum atomic E-state index is 12.3. The number of hydrogen-bond acceptors (Lipinski definition) is 4. The summed E-state index contributed by atoms with van der Waals surface area (Å²) in [5, 5.41) is 5.51. The quantitative estimate of drug-likeness (QED) is 0.577. The number of benzene rings is 2. The third kappa shape index (κ3) is 5.13. The van der Waals surface area contributed by atoms with E-state index in [1.807, 2.05) is 25.1 Å². The number of carbonyl (C=O) groups is 4. The van der Waals surface area contributed by atoms with Gasteiger partial charge in [-0.1, -0.05) is 34.1 Å². The molecule has 30 heavy (non-hydrogen) atoms. The van der Waals surface area contributed by atoms with Gasteiger partial charge in [-0.3, -0.25) is 24.1 Å². The van der Waals surface area contributed by atoms with Crippen molar-refractivity contribution in [1.29, 1.82) is 0 Å². The SMILES string of the molecule is Cc1ccc(Br)cc1NC(=O)CCNC(=O)CCCN1C(=O)c2ccccc2C1=O. The van der Waals surface area contributed by atoms with Gasteiger partial charge in [0.1, 0.15) is 0 Å². The number of carbonyl (C=O) groups excluding carboxylic acids is 4. The van der Waals surface area contributed by atoms with Gasteiger partial charge in [-0.15, -0.1) is 0 Å². The Balaban J connectivity index is 1.37. The van der Waals surface area contributed by atoms with Gasteiger partial charge < -0.3 is 10.6 Å². The Morgan fingerprint density at radius 3 is 2.30 bits per heavy atom. The minimum absolute atomic E-state index is 0.149. The van der Waals surface area contributed by atoms with Gasteiger partial charge in [-0.2, -0.15) is 0 Å². The van der Waals surface area contributed by atoms with E-state index in [4.69, 9.17) is 0 Å². The van der Waals surface area contributed by atoms with Gasteiger partial charge in [0.15, 0.2) is 0 Å². The first-order valence-corrected chi connectivity index (χ1v) is 10.4. The maximum absolute atomic E-state index is 12.3. The van der Waals surface area contributed by atoms with Gasteiger partial charge in [0.2, 0.25) is 11.8 Å². The normalized spacial score (nSPS) is 12.7. The van der Waals surface area contributed by atoms with E-state index in [-0.39, 0.29) is 49.6 Å². The molecule has 0 aliphatic carbocycles. The van der Waals surface area contributed by atoms with Crippen LogP contribution < -0.4 is 10.6 Å². The highest BCUT2D eigenvalue weighted by molar-refractivity contribution is 9.10. The molecule has 0 saturated carbocycles. The van der Waals surface area contributed by atoms with Crippen molar-refractivity contribution in [3.8, 4) is 0 Å². The zero-order chi connectivity index (χ0) is 21.7. The van der Waals surface area contributed by atoms with E-state index in [1.54, 1.807) is 24.3 Å². The van der Waals surface area contributed by atoms with Gasteiger partial charge in [0, 0.05) is 36.1 Å². The lowest BCUT2D eigenvalue weighted by Gasteiger charge is -2.13. The van der Waals surface area contributed by atoms with E-state index in [0.717, 1.165) is 15.7 Å². The van der Waals surface area contributed by atoms with Crippen LogP contribution in [0.5, 0.6) is 0 Å². The van der Waals surface area contributed by atoms with Crippen molar-refractivity contribution in [1.82, 2.24) is 10.2 Å². The zero-order valence-electron chi connectivity index (χ0n) is 16.5. The Morgan fingerprint density at radius 2 is 1.63 bits per heavy atom.